The Morgan fingerprint density at radius 2 is 1.89 bits per heavy atom. The zero-order chi connectivity index (χ0) is 25.6. The van der Waals surface area contributed by atoms with E-state index in [4.69, 9.17) is 14.5 Å². The number of aryl methyl sites for hydroxylation is 1. The molecule has 7 heteroatoms. The minimum Gasteiger partial charge on any atom is -0.439 e. The van der Waals surface area contributed by atoms with Gasteiger partial charge >= 0.3 is 0 Å². The molecule has 1 saturated heterocycles. The average molecular weight is 496 g/mol. The third-order valence-electron chi connectivity index (χ3n) is 7.08. The highest BCUT2D eigenvalue weighted by Crippen LogP contribution is 2.34. The van der Waals surface area contributed by atoms with Crippen molar-refractivity contribution in [1.82, 2.24) is 19.9 Å². The lowest BCUT2D eigenvalue weighted by molar-refractivity contribution is 0.172. The molecule has 0 radical (unpaired) electrons. The summed E-state index contributed by atoms with van der Waals surface area (Å²) < 4.78 is 12.0. The van der Waals surface area contributed by atoms with E-state index in [-0.39, 0.29) is 0 Å². The molecule has 0 saturated carbocycles. The molecule has 0 bridgehead atoms. The van der Waals surface area contributed by atoms with Crippen LogP contribution in [-0.4, -0.2) is 47.1 Å². The number of benzene rings is 2. The van der Waals surface area contributed by atoms with Crippen LogP contribution in [0.4, 0.5) is 0 Å². The molecule has 190 valence electrons. The maximum atomic E-state index is 9.02. The monoisotopic (exact) mass is 495 g/mol. The van der Waals surface area contributed by atoms with Crippen LogP contribution < -0.4 is 4.74 Å². The van der Waals surface area contributed by atoms with E-state index >= 15 is 0 Å². The predicted octanol–water partition coefficient (Wildman–Crippen LogP) is 5.79. The summed E-state index contributed by atoms with van der Waals surface area (Å²) in [4.78, 5) is 8.90. The number of nitrogens with zero attached hydrogens (tertiary/aromatic N) is 5. The topological polar surface area (TPSA) is 78.4 Å². The molecule has 0 amide bonds. The third kappa shape index (κ3) is 6.16. The van der Waals surface area contributed by atoms with Gasteiger partial charge in [-0.05, 0) is 82.5 Å². The van der Waals surface area contributed by atoms with Gasteiger partial charge in [0.05, 0.1) is 16.8 Å². The Kier molecular flexibility index (Phi) is 7.79. The van der Waals surface area contributed by atoms with Crippen LogP contribution >= 0.6 is 0 Å². The molecule has 0 N–H and O–H groups in total. The van der Waals surface area contributed by atoms with Gasteiger partial charge in [0.1, 0.15) is 11.8 Å². The van der Waals surface area contributed by atoms with E-state index in [0.717, 1.165) is 54.7 Å². The molecular weight excluding hydrogens is 462 g/mol. The molecule has 0 unspecified atom stereocenters. The number of hydrogen-bond acceptors (Lipinski definition) is 7. The van der Waals surface area contributed by atoms with Crippen LogP contribution in [0.3, 0.4) is 0 Å². The highest BCUT2D eigenvalue weighted by atomic mass is 16.5. The summed E-state index contributed by atoms with van der Waals surface area (Å²) in [5, 5.41) is 14.5. The number of piperidine rings is 1. The van der Waals surface area contributed by atoms with Crippen molar-refractivity contribution in [2.75, 3.05) is 27.2 Å². The van der Waals surface area contributed by atoms with Gasteiger partial charge in [-0.15, -0.1) is 0 Å². The lowest BCUT2D eigenvalue weighted by Crippen LogP contribution is -2.33. The third-order valence-corrected chi connectivity index (χ3v) is 7.08. The molecule has 7 nitrogen and oxygen atoms in total. The first kappa shape index (κ1) is 24.9. The standard InChI is InChI=1S/C30H33N5O2/c1-34(2)21-26-28(36-29-13-9-24(18-31)19-32-29)12-10-25-27(33-37-30(25)26)11-8-22-14-16-35(17-15-22)20-23-6-4-3-5-7-23/h3-7,9-10,12-13,19,22H,8,11,14-17,20-21H2,1-2H3. The van der Waals surface area contributed by atoms with Crippen molar-refractivity contribution in [3.05, 3.63) is 83.2 Å². The Balaban J connectivity index is 1.25. The maximum Gasteiger partial charge on any atom is 0.219 e. The molecule has 2 aromatic carbocycles. The molecule has 2 aromatic heterocycles. The van der Waals surface area contributed by atoms with Gasteiger partial charge in [-0.2, -0.15) is 5.26 Å². The van der Waals surface area contributed by atoms with Crippen LogP contribution in [0.25, 0.3) is 11.0 Å². The molecule has 0 atom stereocenters. The average Bonchev–Trinajstić information content (AvgIpc) is 3.34. The summed E-state index contributed by atoms with van der Waals surface area (Å²) in [5.41, 5.74) is 4.62. The van der Waals surface area contributed by atoms with Crippen molar-refractivity contribution in [3.63, 3.8) is 0 Å². The highest BCUT2D eigenvalue weighted by molar-refractivity contribution is 5.84. The van der Waals surface area contributed by atoms with Crippen molar-refractivity contribution in [1.29, 1.82) is 5.26 Å². The first-order valence-corrected chi connectivity index (χ1v) is 12.9. The molecule has 1 aliphatic rings. The van der Waals surface area contributed by atoms with Gasteiger partial charge in [-0.3, -0.25) is 4.90 Å². The van der Waals surface area contributed by atoms with Crippen LogP contribution in [0.2, 0.25) is 0 Å². The highest BCUT2D eigenvalue weighted by Gasteiger charge is 2.22. The molecule has 37 heavy (non-hydrogen) atoms. The van der Waals surface area contributed by atoms with Gasteiger partial charge < -0.3 is 14.2 Å². The summed E-state index contributed by atoms with van der Waals surface area (Å²) in [6, 6.07) is 20.2. The smallest absolute Gasteiger partial charge is 0.219 e. The number of rotatable bonds is 9. The van der Waals surface area contributed by atoms with Crippen molar-refractivity contribution >= 4 is 11.0 Å². The SMILES string of the molecule is CN(C)Cc1c(Oc2ccc(C#N)cn2)ccc2c(CCC3CCN(Cc4ccccc4)CC3)noc12. The van der Waals surface area contributed by atoms with E-state index in [9.17, 15) is 0 Å². The van der Waals surface area contributed by atoms with E-state index < -0.39 is 0 Å². The van der Waals surface area contributed by atoms with E-state index in [2.05, 4.69) is 56.3 Å². The van der Waals surface area contributed by atoms with Crippen LogP contribution in [0.5, 0.6) is 11.6 Å². The van der Waals surface area contributed by atoms with Gasteiger partial charge in [-0.25, -0.2) is 4.98 Å². The second-order valence-electron chi connectivity index (χ2n) is 10.1. The van der Waals surface area contributed by atoms with E-state index in [1.165, 1.54) is 24.6 Å². The van der Waals surface area contributed by atoms with E-state index in [1.807, 2.05) is 26.2 Å². The van der Waals surface area contributed by atoms with Crippen LogP contribution in [0, 0.1) is 17.2 Å². The zero-order valence-electron chi connectivity index (χ0n) is 21.6. The fraction of sp³-hybridized carbons (Fsp3) is 0.367. The van der Waals surface area contributed by atoms with Crippen LogP contribution in [-0.2, 0) is 19.5 Å². The number of ether oxygens (including phenoxy) is 1. The lowest BCUT2D eigenvalue weighted by Gasteiger charge is -2.31. The second kappa shape index (κ2) is 11.5. The first-order chi connectivity index (χ1) is 18.1. The summed E-state index contributed by atoms with van der Waals surface area (Å²) >= 11 is 0. The number of aromatic nitrogens is 2. The number of likely N-dealkylation sites (tertiary alicyclic amines) is 1. The Bertz CT molecular complexity index is 1350. The molecule has 1 aliphatic heterocycles. The van der Waals surface area contributed by atoms with E-state index in [1.54, 1.807) is 12.1 Å². The lowest BCUT2D eigenvalue weighted by atomic mass is 9.91. The Morgan fingerprint density at radius 3 is 2.59 bits per heavy atom. The largest absolute Gasteiger partial charge is 0.439 e. The van der Waals surface area contributed by atoms with Crippen molar-refractivity contribution in [2.45, 2.75) is 38.8 Å². The van der Waals surface area contributed by atoms with Crippen molar-refractivity contribution in [2.24, 2.45) is 5.92 Å². The van der Waals surface area contributed by atoms with Gasteiger partial charge in [0.15, 0.2) is 5.58 Å². The Morgan fingerprint density at radius 1 is 1.08 bits per heavy atom. The zero-order valence-corrected chi connectivity index (χ0v) is 21.6. The second-order valence-corrected chi connectivity index (χ2v) is 10.1. The number of pyridine rings is 1. The fourth-order valence-electron chi connectivity index (χ4n) is 5.07. The van der Waals surface area contributed by atoms with Crippen LogP contribution in [0.15, 0.2) is 65.3 Å². The van der Waals surface area contributed by atoms with Gasteiger partial charge in [-0.1, -0.05) is 35.5 Å². The summed E-state index contributed by atoms with van der Waals surface area (Å²) in [5.74, 6) is 1.84. The van der Waals surface area contributed by atoms with Gasteiger partial charge in [0, 0.05) is 30.7 Å². The molecule has 1 fully saturated rings. The Hall–Kier alpha value is -3.73. The van der Waals surface area contributed by atoms with Crippen LogP contribution in [0.1, 0.15) is 41.6 Å². The van der Waals surface area contributed by atoms with Crippen molar-refractivity contribution < 1.29 is 9.26 Å². The number of fused-ring (bicyclic) bond motifs is 1. The number of hydrogen-bond donors (Lipinski definition) is 0. The maximum absolute atomic E-state index is 9.02. The van der Waals surface area contributed by atoms with Gasteiger partial charge in [0.25, 0.3) is 0 Å². The fourth-order valence-corrected chi connectivity index (χ4v) is 5.07. The Labute approximate surface area is 218 Å². The summed E-state index contributed by atoms with van der Waals surface area (Å²) in [6.45, 7) is 3.99. The predicted molar refractivity (Wildman–Crippen MR) is 143 cm³/mol. The molecule has 5 rings (SSSR count). The minimum absolute atomic E-state index is 0.441. The normalized spacial score (nSPS) is 14.8. The van der Waals surface area contributed by atoms with Gasteiger partial charge in [0.2, 0.25) is 5.88 Å². The first-order valence-electron chi connectivity index (χ1n) is 12.9. The molecule has 0 spiro atoms. The number of nitriles is 1. The van der Waals surface area contributed by atoms with Crippen molar-refractivity contribution in [3.8, 4) is 17.7 Å². The molecular formula is C30H33N5O2. The molecule has 3 heterocycles. The summed E-state index contributed by atoms with van der Waals surface area (Å²) in [7, 11) is 4.04. The molecule has 0 aliphatic carbocycles. The minimum atomic E-state index is 0.441. The quantitative estimate of drug-likeness (QED) is 0.291. The van der Waals surface area contributed by atoms with E-state index in [0.29, 0.717) is 29.7 Å². The molecule has 4 aromatic rings. The summed E-state index contributed by atoms with van der Waals surface area (Å²) in [6.07, 6.45) is 6.00.